The normalized spacial score (nSPS) is 11.2. The summed E-state index contributed by atoms with van der Waals surface area (Å²) in [6, 6.07) is 0. The quantitative estimate of drug-likeness (QED) is 0.366. The van der Waals surface area contributed by atoms with Crippen LogP contribution in [0.4, 0.5) is 0 Å². The number of hydrogen-bond acceptors (Lipinski definition) is 1. The average molecular weight is 110 g/mol. The number of rotatable bonds is 1. The molecule has 44 valence electrons. The van der Waals surface area contributed by atoms with E-state index in [1.807, 2.05) is 13.8 Å². The first-order chi connectivity index (χ1) is 3.81. The van der Waals surface area contributed by atoms with Crippen LogP contribution in [0.2, 0.25) is 0 Å². The largest absolute Gasteiger partial charge is 0.289 e. The van der Waals surface area contributed by atoms with Gasteiger partial charge in [0.25, 0.3) is 0 Å². The second kappa shape index (κ2) is 4.39. The first kappa shape index (κ1) is 7.23. The maximum atomic E-state index is 9.65. The van der Waals surface area contributed by atoms with E-state index < -0.39 is 0 Å². The highest BCUT2D eigenvalue weighted by Gasteiger charge is 1.86. The van der Waals surface area contributed by atoms with E-state index in [2.05, 4.69) is 11.8 Å². The zero-order chi connectivity index (χ0) is 6.41. The summed E-state index contributed by atoms with van der Waals surface area (Å²) in [4.78, 5) is 9.65. The van der Waals surface area contributed by atoms with Gasteiger partial charge < -0.3 is 0 Å². The third-order valence-corrected chi connectivity index (χ3v) is 1.00. The summed E-state index contributed by atoms with van der Waals surface area (Å²) >= 11 is 0. The molecule has 0 radical (unpaired) electrons. The summed E-state index contributed by atoms with van der Waals surface area (Å²) in [7, 11) is 0. The van der Waals surface area contributed by atoms with Crippen LogP contribution in [0.15, 0.2) is 0 Å². The lowest BCUT2D eigenvalue weighted by Crippen LogP contribution is -1.84. The summed E-state index contributed by atoms with van der Waals surface area (Å²) in [5.74, 6) is 5.49. The molecule has 0 saturated heterocycles. The Morgan fingerprint density at radius 2 is 2.38 bits per heavy atom. The van der Waals surface area contributed by atoms with Crippen molar-refractivity contribution in [3.8, 4) is 11.8 Å². The van der Waals surface area contributed by atoms with Crippen LogP contribution in [-0.4, -0.2) is 6.29 Å². The van der Waals surface area contributed by atoms with Gasteiger partial charge in [-0.05, 0) is 12.3 Å². The molecule has 8 heavy (non-hydrogen) atoms. The topological polar surface area (TPSA) is 17.1 Å². The average Bonchev–Trinajstić information content (AvgIpc) is 1.83. The molecule has 1 heteroatoms. The Labute approximate surface area is 50.1 Å². The summed E-state index contributed by atoms with van der Waals surface area (Å²) in [6.07, 6.45) is 1.65. The van der Waals surface area contributed by atoms with Gasteiger partial charge in [0.05, 0.1) is 0 Å². The fraction of sp³-hybridized carbons (Fsp3) is 0.571. The molecule has 0 aromatic carbocycles. The van der Waals surface area contributed by atoms with Gasteiger partial charge in [-0.25, -0.2) is 0 Å². The van der Waals surface area contributed by atoms with E-state index in [0.717, 1.165) is 6.42 Å². The fourth-order valence-corrected chi connectivity index (χ4v) is 0.278. The second-order valence-electron chi connectivity index (χ2n) is 1.72. The molecule has 0 aliphatic rings. The van der Waals surface area contributed by atoms with Crippen molar-refractivity contribution in [1.82, 2.24) is 0 Å². The number of carbonyl (C=O) groups excluding carboxylic acids is 1. The molecular formula is C7H10O. The fourth-order valence-electron chi connectivity index (χ4n) is 0.278. The zero-order valence-electron chi connectivity index (χ0n) is 5.27. The standard InChI is InChI=1S/C7H10O/c1-3-7(2)5-4-6-8/h6-7H,3H2,1-2H3. The minimum absolute atomic E-state index is 0.361. The van der Waals surface area contributed by atoms with E-state index >= 15 is 0 Å². The van der Waals surface area contributed by atoms with Gasteiger partial charge in [-0.3, -0.25) is 4.79 Å². The van der Waals surface area contributed by atoms with Crippen LogP contribution >= 0.6 is 0 Å². The van der Waals surface area contributed by atoms with Crippen LogP contribution in [0, 0.1) is 17.8 Å². The minimum atomic E-state index is 0.361. The van der Waals surface area contributed by atoms with E-state index in [1.54, 1.807) is 0 Å². The van der Waals surface area contributed by atoms with Crippen molar-refractivity contribution >= 4 is 6.29 Å². The van der Waals surface area contributed by atoms with Crippen LogP contribution in [0.1, 0.15) is 20.3 Å². The van der Waals surface area contributed by atoms with Crippen molar-refractivity contribution in [3.05, 3.63) is 0 Å². The number of carbonyl (C=O) groups is 1. The van der Waals surface area contributed by atoms with Crippen molar-refractivity contribution < 1.29 is 4.79 Å². The van der Waals surface area contributed by atoms with Gasteiger partial charge in [-0.2, -0.15) is 0 Å². The van der Waals surface area contributed by atoms with Crippen molar-refractivity contribution in [1.29, 1.82) is 0 Å². The summed E-state index contributed by atoms with van der Waals surface area (Å²) in [6.45, 7) is 4.04. The number of hydrogen-bond donors (Lipinski definition) is 0. The molecule has 0 aromatic heterocycles. The minimum Gasteiger partial charge on any atom is -0.289 e. The highest BCUT2D eigenvalue weighted by atomic mass is 16.1. The molecule has 0 fully saturated rings. The molecule has 0 saturated carbocycles. The van der Waals surface area contributed by atoms with Gasteiger partial charge in [-0.15, -0.1) is 0 Å². The Hall–Kier alpha value is -0.770. The first-order valence-corrected chi connectivity index (χ1v) is 2.76. The highest BCUT2D eigenvalue weighted by Crippen LogP contribution is 1.95. The monoisotopic (exact) mass is 110 g/mol. The molecule has 0 heterocycles. The van der Waals surface area contributed by atoms with Crippen LogP contribution in [0.5, 0.6) is 0 Å². The Bertz CT molecular complexity index is 116. The molecule has 0 amide bonds. The number of aldehydes is 1. The van der Waals surface area contributed by atoms with Gasteiger partial charge in [0.15, 0.2) is 6.29 Å². The highest BCUT2D eigenvalue weighted by molar-refractivity contribution is 5.72. The Kier molecular flexibility index (Phi) is 3.97. The van der Waals surface area contributed by atoms with Gasteiger partial charge in [0.1, 0.15) is 0 Å². The molecule has 1 atom stereocenters. The molecule has 0 aliphatic carbocycles. The second-order valence-corrected chi connectivity index (χ2v) is 1.72. The molecule has 0 N–H and O–H groups in total. The SMILES string of the molecule is CCC(C)C#CC=O. The van der Waals surface area contributed by atoms with Gasteiger partial charge in [0, 0.05) is 5.92 Å². The first-order valence-electron chi connectivity index (χ1n) is 2.76. The van der Waals surface area contributed by atoms with Crippen molar-refractivity contribution in [2.45, 2.75) is 20.3 Å². The Morgan fingerprint density at radius 3 is 2.75 bits per heavy atom. The van der Waals surface area contributed by atoms with Gasteiger partial charge in [0.2, 0.25) is 0 Å². The van der Waals surface area contributed by atoms with E-state index in [9.17, 15) is 4.79 Å². The molecule has 0 aromatic rings. The Balaban J connectivity index is 3.50. The van der Waals surface area contributed by atoms with Crippen LogP contribution in [0.3, 0.4) is 0 Å². The lowest BCUT2D eigenvalue weighted by atomic mass is 10.1. The van der Waals surface area contributed by atoms with E-state index in [1.165, 1.54) is 0 Å². The molecule has 1 unspecified atom stereocenters. The lowest BCUT2D eigenvalue weighted by molar-refractivity contribution is -0.103. The predicted molar refractivity (Wildman–Crippen MR) is 33.3 cm³/mol. The third-order valence-electron chi connectivity index (χ3n) is 1.00. The Morgan fingerprint density at radius 1 is 1.75 bits per heavy atom. The maximum Gasteiger partial charge on any atom is 0.192 e. The van der Waals surface area contributed by atoms with Crippen LogP contribution < -0.4 is 0 Å². The van der Waals surface area contributed by atoms with Crippen LogP contribution in [-0.2, 0) is 4.79 Å². The van der Waals surface area contributed by atoms with Gasteiger partial charge in [-0.1, -0.05) is 19.8 Å². The van der Waals surface area contributed by atoms with E-state index in [0.29, 0.717) is 12.2 Å². The molecule has 0 aliphatic heterocycles. The lowest BCUT2D eigenvalue weighted by Gasteiger charge is -1.91. The smallest absolute Gasteiger partial charge is 0.192 e. The summed E-state index contributed by atoms with van der Waals surface area (Å²) in [5.41, 5.74) is 0. The molecular weight excluding hydrogens is 100 g/mol. The molecule has 0 rings (SSSR count). The molecule has 0 spiro atoms. The van der Waals surface area contributed by atoms with E-state index in [4.69, 9.17) is 0 Å². The molecule has 1 nitrogen and oxygen atoms in total. The van der Waals surface area contributed by atoms with Crippen LogP contribution in [0.25, 0.3) is 0 Å². The van der Waals surface area contributed by atoms with Crippen molar-refractivity contribution in [2.24, 2.45) is 5.92 Å². The maximum absolute atomic E-state index is 9.65. The van der Waals surface area contributed by atoms with Gasteiger partial charge >= 0.3 is 0 Å². The van der Waals surface area contributed by atoms with E-state index in [-0.39, 0.29) is 0 Å². The molecule has 0 bridgehead atoms. The summed E-state index contributed by atoms with van der Waals surface area (Å²) in [5, 5.41) is 0. The summed E-state index contributed by atoms with van der Waals surface area (Å²) < 4.78 is 0. The predicted octanol–water partition coefficient (Wildman–Crippen LogP) is 1.23. The third kappa shape index (κ3) is 3.42. The van der Waals surface area contributed by atoms with Crippen molar-refractivity contribution in [3.63, 3.8) is 0 Å². The zero-order valence-corrected chi connectivity index (χ0v) is 5.27. The van der Waals surface area contributed by atoms with Crippen molar-refractivity contribution in [2.75, 3.05) is 0 Å².